The van der Waals surface area contributed by atoms with Crippen molar-refractivity contribution in [2.45, 2.75) is 32.2 Å². The van der Waals surface area contributed by atoms with E-state index in [2.05, 4.69) is 22.1 Å². The molecular formula is C12H26N4O. The molecule has 1 saturated heterocycles. The van der Waals surface area contributed by atoms with Gasteiger partial charge in [-0.1, -0.05) is 6.92 Å². The standard InChI is InChI=1S/C12H26N4O/c1-3-11(16-7-4-5-8-16)10-15-12(13)14-6-9-17-2/h11H,3-10H2,1-2H3,(H3,13,14,15)/t11-/m1/s1. The van der Waals surface area contributed by atoms with Gasteiger partial charge in [-0.05, 0) is 32.4 Å². The molecule has 100 valence electrons. The van der Waals surface area contributed by atoms with Crippen LogP contribution in [0.25, 0.3) is 0 Å². The Hall–Kier alpha value is -0.810. The highest BCUT2D eigenvalue weighted by Gasteiger charge is 2.19. The van der Waals surface area contributed by atoms with E-state index in [1.54, 1.807) is 7.11 Å². The number of aliphatic imine (C=N–C) groups is 1. The highest BCUT2D eigenvalue weighted by molar-refractivity contribution is 5.77. The van der Waals surface area contributed by atoms with Crippen molar-refractivity contribution in [3.8, 4) is 0 Å². The number of ether oxygens (including phenoxy) is 1. The summed E-state index contributed by atoms with van der Waals surface area (Å²) in [5.74, 6) is 0.527. The molecule has 1 aliphatic rings. The van der Waals surface area contributed by atoms with Gasteiger partial charge in [0.15, 0.2) is 5.96 Å². The third kappa shape index (κ3) is 5.37. The molecule has 17 heavy (non-hydrogen) atoms. The maximum Gasteiger partial charge on any atom is 0.188 e. The summed E-state index contributed by atoms with van der Waals surface area (Å²) in [5, 5.41) is 3.04. The molecule has 0 aliphatic carbocycles. The Labute approximate surface area is 104 Å². The first kappa shape index (κ1) is 14.3. The Morgan fingerprint density at radius 3 is 2.76 bits per heavy atom. The number of methoxy groups -OCH3 is 1. The zero-order valence-corrected chi connectivity index (χ0v) is 11.1. The molecule has 1 heterocycles. The van der Waals surface area contributed by atoms with Crippen LogP contribution >= 0.6 is 0 Å². The SMILES string of the molecule is CC[C@H](CN=C(N)NCCOC)N1CCCC1. The highest BCUT2D eigenvalue weighted by atomic mass is 16.5. The van der Waals surface area contributed by atoms with Crippen LogP contribution in [0.1, 0.15) is 26.2 Å². The molecule has 0 aromatic carbocycles. The van der Waals surface area contributed by atoms with Crippen molar-refractivity contribution >= 4 is 5.96 Å². The minimum atomic E-state index is 0.527. The molecular weight excluding hydrogens is 216 g/mol. The molecule has 1 aliphatic heterocycles. The van der Waals surface area contributed by atoms with Gasteiger partial charge in [-0.25, -0.2) is 0 Å². The molecule has 0 amide bonds. The number of hydrogen-bond acceptors (Lipinski definition) is 3. The van der Waals surface area contributed by atoms with Crippen molar-refractivity contribution in [3.63, 3.8) is 0 Å². The smallest absolute Gasteiger partial charge is 0.188 e. The number of nitrogens with two attached hydrogens (primary N) is 1. The van der Waals surface area contributed by atoms with Crippen LogP contribution in [0.15, 0.2) is 4.99 Å². The fourth-order valence-corrected chi connectivity index (χ4v) is 2.15. The summed E-state index contributed by atoms with van der Waals surface area (Å²) < 4.78 is 4.94. The van der Waals surface area contributed by atoms with Crippen molar-refractivity contribution in [2.75, 3.05) is 39.9 Å². The van der Waals surface area contributed by atoms with Gasteiger partial charge in [-0.3, -0.25) is 9.89 Å². The maximum atomic E-state index is 5.78. The summed E-state index contributed by atoms with van der Waals surface area (Å²) in [4.78, 5) is 6.92. The average molecular weight is 242 g/mol. The van der Waals surface area contributed by atoms with E-state index in [-0.39, 0.29) is 0 Å². The van der Waals surface area contributed by atoms with Crippen LogP contribution in [0.3, 0.4) is 0 Å². The fourth-order valence-electron chi connectivity index (χ4n) is 2.15. The summed E-state index contributed by atoms with van der Waals surface area (Å²) in [6.07, 6.45) is 3.78. The number of hydrogen-bond donors (Lipinski definition) is 2. The second-order valence-corrected chi connectivity index (χ2v) is 4.45. The number of rotatable bonds is 7. The largest absolute Gasteiger partial charge is 0.383 e. The van der Waals surface area contributed by atoms with E-state index >= 15 is 0 Å². The molecule has 0 aromatic rings. The van der Waals surface area contributed by atoms with Crippen LogP contribution in [0.2, 0.25) is 0 Å². The van der Waals surface area contributed by atoms with Crippen molar-refractivity contribution in [3.05, 3.63) is 0 Å². The Bertz CT molecular complexity index is 227. The van der Waals surface area contributed by atoms with Crippen LogP contribution in [0, 0.1) is 0 Å². The normalized spacial score (nSPS) is 19.5. The van der Waals surface area contributed by atoms with Gasteiger partial charge in [0, 0.05) is 19.7 Å². The first-order valence-electron chi connectivity index (χ1n) is 6.54. The van der Waals surface area contributed by atoms with Gasteiger partial charge in [0.2, 0.25) is 0 Å². The van der Waals surface area contributed by atoms with E-state index in [1.807, 2.05) is 0 Å². The Morgan fingerprint density at radius 2 is 2.18 bits per heavy atom. The topological polar surface area (TPSA) is 62.9 Å². The van der Waals surface area contributed by atoms with Crippen molar-refractivity contribution in [1.82, 2.24) is 10.2 Å². The van der Waals surface area contributed by atoms with Crippen molar-refractivity contribution in [1.29, 1.82) is 0 Å². The van der Waals surface area contributed by atoms with Gasteiger partial charge in [-0.2, -0.15) is 0 Å². The van der Waals surface area contributed by atoms with E-state index < -0.39 is 0 Å². The van der Waals surface area contributed by atoms with Gasteiger partial charge >= 0.3 is 0 Å². The molecule has 1 fully saturated rings. The molecule has 1 rings (SSSR count). The van der Waals surface area contributed by atoms with Crippen LogP contribution in [-0.4, -0.2) is 56.8 Å². The lowest BCUT2D eigenvalue weighted by molar-refractivity contribution is 0.203. The summed E-state index contributed by atoms with van der Waals surface area (Å²) in [6.45, 7) is 6.80. The summed E-state index contributed by atoms with van der Waals surface area (Å²) >= 11 is 0. The van der Waals surface area contributed by atoms with Crippen LogP contribution in [0.4, 0.5) is 0 Å². The number of likely N-dealkylation sites (tertiary alicyclic amines) is 1. The lowest BCUT2D eigenvalue weighted by atomic mass is 10.2. The van der Waals surface area contributed by atoms with Gasteiger partial charge in [0.05, 0.1) is 13.2 Å². The zero-order valence-electron chi connectivity index (χ0n) is 11.1. The van der Waals surface area contributed by atoms with Crippen LogP contribution in [-0.2, 0) is 4.74 Å². The molecule has 0 spiro atoms. The summed E-state index contributed by atoms with van der Waals surface area (Å²) in [6, 6.07) is 0.542. The van der Waals surface area contributed by atoms with E-state index in [9.17, 15) is 0 Å². The summed E-state index contributed by atoms with van der Waals surface area (Å²) in [5.41, 5.74) is 5.78. The molecule has 1 atom stereocenters. The number of guanidine groups is 1. The second kappa shape index (κ2) is 8.31. The Kier molecular flexibility index (Phi) is 6.96. The lowest BCUT2D eigenvalue weighted by Gasteiger charge is -2.24. The third-order valence-corrected chi connectivity index (χ3v) is 3.21. The van der Waals surface area contributed by atoms with Crippen LogP contribution in [0.5, 0.6) is 0 Å². The minimum Gasteiger partial charge on any atom is -0.383 e. The van der Waals surface area contributed by atoms with E-state index in [0.717, 1.165) is 13.0 Å². The predicted molar refractivity (Wildman–Crippen MR) is 71.3 cm³/mol. The molecule has 0 radical (unpaired) electrons. The van der Waals surface area contributed by atoms with E-state index in [1.165, 1.54) is 25.9 Å². The highest BCUT2D eigenvalue weighted by Crippen LogP contribution is 2.14. The first-order chi connectivity index (χ1) is 8.27. The van der Waals surface area contributed by atoms with E-state index in [0.29, 0.717) is 25.2 Å². The second-order valence-electron chi connectivity index (χ2n) is 4.45. The third-order valence-electron chi connectivity index (χ3n) is 3.21. The lowest BCUT2D eigenvalue weighted by Crippen LogP contribution is -2.38. The zero-order chi connectivity index (χ0) is 12.5. The van der Waals surface area contributed by atoms with Gasteiger partial charge in [0.1, 0.15) is 0 Å². The van der Waals surface area contributed by atoms with Gasteiger partial charge < -0.3 is 15.8 Å². The van der Waals surface area contributed by atoms with E-state index in [4.69, 9.17) is 10.5 Å². The number of nitrogens with zero attached hydrogens (tertiary/aromatic N) is 2. The fraction of sp³-hybridized carbons (Fsp3) is 0.917. The predicted octanol–water partition coefficient (Wildman–Crippen LogP) is 0.412. The molecule has 0 saturated carbocycles. The monoisotopic (exact) mass is 242 g/mol. The average Bonchev–Trinajstić information content (AvgIpc) is 2.84. The molecule has 0 aromatic heterocycles. The minimum absolute atomic E-state index is 0.527. The van der Waals surface area contributed by atoms with Crippen LogP contribution < -0.4 is 11.1 Å². The first-order valence-corrected chi connectivity index (χ1v) is 6.54. The molecule has 0 bridgehead atoms. The molecule has 0 unspecified atom stereocenters. The Balaban J connectivity index is 2.27. The number of nitrogens with one attached hydrogen (secondary N) is 1. The molecule has 5 heteroatoms. The van der Waals surface area contributed by atoms with Gasteiger partial charge in [0.25, 0.3) is 0 Å². The quantitative estimate of drug-likeness (QED) is 0.386. The Morgan fingerprint density at radius 1 is 1.47 bits per heavy atom. The maximum absolute atomic E-state index is 5.78. The van der Waals surface area contributed by atoms with Crippen molar-refractivity contribution < 1.29 is 4.74 Å². The summed E-state index contributed by atoms with van der Waals surface area (Å²) in [7, 11) is 1.68. The van der Waals surface area contributed by atoms with Crippen molar-refractivity contribution in [2.24, 2.45) is 10.7 Å². The van der Waals surface area contributed by atoms with Gasteiger partial charge in [-0.15, -0.1) is 0 Å². The molecule has 5 nitrogen and oxygen atoms in total. The molecule has 3 N–H and O–H groups in total.